The van der Waals surface area contributed by atoms with Crippen molar-refractivity contribution >= 4 is 11.6 Å². The van der Waals surface area contributed by atoms with Crippen LogP contribution in [0.1, 0.15) is 32.1 Å². The van der Waals surface area contributed by atoms with Crippen LogP contribution in [0.3, 0.4) is 0 Å². The third kappa shape index (κ3) is 4.25. The average molecular weight is 295 g/mol. The van der Waals surface area contributed by atoms with E-state index < -0.39 is 0 Å². The number of halogens is 1. The van der Waals surface area contributed by atoms with Gasteiger partial charge in [-0.1, -0.05) is 22.8 Å². The van der Waals surface area contributed by atoms with E-state index in [4.69, 9.17) is 20.9 Å². The zero-order valence-corrected chi connectivity index (χ0v) is 12.7. The standard InChI is InChI=1S/C15H19ClN2O2/c1-15(2,3)17-9-12-13(16)5-4-6-14(12)19-10-11-7-8-18-20-11/h4-8,17H,9-10H2,1-3H3. The second kappa shape index (κ2) is 6.29. The number of nitrogens with one attached hydrogen (secondary N) is 1. The lowest BCUT2D eigenvalue weighted by Gasteiger charge is -2.22. The molecule has 0 amide bonds. The number of benzene rings is 1. The second-order valence-electron chi connectivity index (χ2n) is 5.59. The summed E-state index contributed by atoms with van der Waals surface area (Å²) < 4.78 is 10.8. The molecule has 20 heavy (non-hydrogen) atoms. The zero-order chi connectivity index (χ0) is 14.6. The van der Waals surface area contributed by atoms with Crippen molar-refractivity contribution in [3.05, 3.63) is 46.8 Å². The molecular weight excluding hydrogens is 276 g/mol. The van der Waals surface area contributed by atoms with Gasteiger partial charge in [-0.2, -0.15) is 0 Å². The quantitative estimate of drug-likeness (QED) is 0.911. The molecule has 0 aliphatic heterocycles. The molecule has 0 aliphatic carbocycles. The molecule has 1 aromatic carbocycles. The minimum absolute atomic E-state index is 0.0152. The SMILES string of the molecule is CC(C)(C)NCc1c(Cl)cccc1OCc1ccno1. The van der Waals surface area contributed by atoms with E-state index in [-0.39, 0.29) is 5.54 Å². The summed E-state index contributed by atoms with van der Waals surface area (Å²) in [6, 6.07) is 7.42. The number of hydrogen-bond acceptors (Lipinski definition) is 4. The Hall–Kier alpha value is -1.52. The van der Waals surface area contributed by atoms with E-state index in [1.165, 1.54) is 0 Å². The van der Waals surface area contributed by atoms with Gasteiger partial charge in [-0.15, -0.1) is 0 Å². The van der Waals surface area contributed by atoms with Crippen LogP contribution >= 0.6 is 11.6 Å². The number of ether oxygens (including phenoxy) is 1. The molecule has 0 saturated carbocycles. The van der Waals surface area contributed by atoms with Crippen molar-refractivity contribution in [1.29, 1.82) is 0 Å². The normalized spacial score (nSPS) is 11.6. The molecule has 1 heterocycles. The zero-order valence-electron chi connectivity index (χ0n) is 11.9. The fraction of sp³-hybridized carbons (Fsp3) is 0.400. The van der Waals surface area contributed by atoms with Crippen LogP contribution in [0.2, 0.25) is 5.02 Å². The molecule has 0 aliphatic rings. The maximum Gasteiger partial charge on any atom is 0.174 e. The molecule has 108 valence electrons. The molecule has 0 bridgehead atoms. The van der Waals surface area contributed by atoms with Crippen molar-refractivity contribution in [1.82, 2.24) is 10.5 Å². The van der Waals surface area contributed by atoms with Gasteiger partial charge in [0.25, 0.3) is 0 Å². The fourth-order valence-electron chi connectivity index (χ4n) is 1.66. The Bertz CT molecular complexity index is 547. The van der Waals surface area contributed by atoms with Gasteiger partial charge in [-0.05, 0) is 32.9 Å². The first-order valence-electron chi connectivity index (χ1n) is 6.50. The van der Waals surface area contributed by atoms with Crippen LogP contribution in [-0.4, -0.2) is 10.7 Å². The van der Waals surface area contributed by atoms with Crippen LogP contribution in [0.25, 0.3) is 0 Å². The number of nitrogens with zero attached hydrogens (tertiary/aromatic N) is 1. The van der Waals surface area contributed by atoms with Gasteiger partial charge in [0.05, 0.1) is 6.20 Å². The van der Waals surface area contributed by atoms with Crippen molar-refractivity contribution in [2.45, 2.75) is 39.5 Å². The predicted octanol–water partition coefficient (Wildman–Crippen LogP) is 3.80. The van der Waals surface area contributed by atoms with Gasteiger partial charge in [-0.3, -0.25) is 0 Å². The van der Waals surface area contributed by atoms with Gasteiger partial charge in [0.1, 0.15) is 12.4 Å². The second-order valence-corrected chi connectivity index (χ2v) is 5.99. The first kappa shape index (κ1) is 14.9. The largest absolute Gasteiger partial charge is 0.485 e. The third-order valence-electron chi connectivity index (χ3n) is 2.73. The van der Waals surface area contributed by atoms with E-state index in [1.807, 2.05) is 18.2 Å². The van der Waals surface area contributed by atoms with Gasteiger partial charge in [0, 0.05) is 28.7 Å². The highest BCUT2D eigenvalue weighted by molar-refractivity contribution is 6.31. The van der Waals surface area contributed by atoms with Crippen LogP contribution < -0.4 is 10.1 Å². The van der Waals surface area contributed by atoms with Gasteiger partial charge in [0.15, 0.2) is 5.76 Å². The monoisotopic (exact) mass is 294 g/mol. The summed E-state index contributed by atoms with van der Waals surface area (Å²) >= 11 is 6.26. The molecule has 0 atom stereocenters. The van der Waals surface area contributed by atoms with Gasteiger partial charge < -0.3 is 14.6 Å². The maximum atomic E-state index is 6.26. The van der Waals surface area contributed by atoms with Crippen molar-refractivity contribution in [2.24, 2.45) is 0 Å². The smallest absolute Gasteiger partial charge is 0.174 e. The van der Waals surface area contributed by atoms with E-state index in [9.17, 15) is 0 Å². The lowest BCUT2D eigenvalue weighted by molar-refractivity contribution is 0.246. The van der Waals surface area contributed by atoms with Crippen LogP contribution in [0.4, 0.5) is 0 Å². The summed E-state index contributed by atoms with van der Waals surface area (Å²) in [6.07, 6.45) is 1.60. The van der Waals surface area contributed by atoms with Crippen LogP contribution in [0.15, 0.2) is 35.0 Å². The summed E-state index contributed by atoms with van der Waals surface area (Å²) in [5.41, 5.74) is 0.963. The Morgan fingerprint density at radius 3 is 2.75 bits per heavy atom. The lowest BCUT2D eigenvalue weighted by Crippen LogP contribution is -2.35. The van der Waals surface area contributed by atoms with Crippen LogP contribution in [0.5, 0.6) is 5.75 Å². The molecule has 1 N–H and O–H groups in total. The first-order chi connectivity index (χ1) is 9.46. The van der Waals surface area contributed by atoms with Gasteiger partial charge in [-0.25, -0.2) is 0 Å². The highest BCUT2D eigenvalue weighted by Crippen LogP contribution is 2.27. The number of rotatable bonds is 5. The molecule has 0 fully saturated rings. The van der Waals surface area contributed by atoms with Gasteiger partial charge in [0.2, 0.25) is 0 Å². The fourth-order valence-corrected chi connectivity index (χ4v) is 1.90. The maximum absolute atomic E-state index is 6.26. The minimum atomic E-state index is 0.0152. The number of hydrogen-bond donors (Lipinski definition) is 1. The minimum Gasteiger partial charge on any atom is -0.485 e. The van der Waals surface area contributed by atoms with Crippen molar-refractivity contribution in [2.75, 3.05) is 0 Å². The first-order valence-corrected chi connectivity index (χ1v) is 6.88. The molecule has 5 heteroatoms. The Kier molecular flexibility index (Phi) is 4.68. The molecule has 4 nitrogen and oxygen atoms in total. The molecule has 2 aromatic rings. The Labute approximate surface area is 124 Å². The summed E-state index contributed by atoms with van der Waals surface area (Å²) in [5.74, 6) is 1.44. The van der Waals surface area contributed by atoms with E-state index in [0.717, 1.165) is 11.3 Å². The highest BCUT2D eigenvalue weighted by Gasteiger charge is 2.14. The molecule has 0 unspecified atom stereocenters. The molecule has 0 spiro atoms. The molecule has 0 saturated heterocycles. The predicted molar refractivity (Wildman–Crippen MR) is 78.9 cm³/mol. The van der Waals surface area contributed by atoms with E-state index in [0.29, 0.717) is 23.9 Å². The van der Waals surface area contributed by atoms with Crippen molar-refractivity contribution < 1.29 is 9.26 Å². The summed E-state index contributed by atoms with van der Waals surface area (Å²) in [6.45, 7) is 7.31. The molecular formula is C15H19ClN2O2. The Balaban J connectivity index is 2.09. The van der Waals surface area contributed by atoms with Gasteiger partial charge >= 0.3 is 0 Å². The van der Waals surface area contributed by atoms with Crippen LogP contribution in [-0.2, 0) is 13.2 Å². The van der Waals surface area contributed by atoms with E-state index >= 15 is 0 Å². The van der Waals surface area contributed by atoms with Crippen molar-refractivity contribution in [3.63, 3.8) is 0 Å². The van der Waals surface area contributed by atoms with E-state index in [2.05, 4.69) is 31.2 Å². The average Bonchev–Trinajstić information content (AvgIpc) is 2.87. The lowest BCUT2D eigenvalue weighted by atomic mass is 10.1. The Morgan fingerprint density at radius 1 is 1.30 bits per heavy atom. The highest BCUT2D eigenvalue weighted by atomic mass is 35.5. The van der Waals surface area contributed by atoms with Crippen LogP contribution in [0, 0.1) is 0 Å². The molecule has 2 rings (SSSR count). The van der Waals surface area contributed by atoms with E-state index in [1.54, 1.807) is 12.3 Å². The summed E-state index contributed by atoms with van der Waals surface area (Å²) in [5, 5.41) is 7.75. The number of aromatic nitrogens is 1. The molecule has 1 aromatic heterocycles. The molecule has 0 radical (unpaired) electrons. The van der Waals surface area contributed by atoms with Crippen molar-refractivity contribution in [3.8, 4) is 5.75 Å². The Morgan fingerprint density at radius 2 is 2.10 bits per heavy atom. The summed E-state index contributed by atoms with van der Waals surface area (Å²) in [7, 11) is 0. The summed E-state index contributed by atoms with van der Waals surface area (Å²) in [4.78, 5) is 0. The topological polar surface area (TPSA) is 47.3 Å². The third-order valence-corrected chi connectivity index (χ3v) is 3.09.